The molecule has 0 radical (unpaired) electrons. The van der Waals surface area contributed by atoms with E-state index in [2.05, 4.69) is 5.73 Å². The van der Waals surface area contributed by atoms with Crippen LogP contribution in [0.4, 0.5) is 0 Å². The van der Waals surface area contributed by atoms with Gasteiger partial charge in [-0.1, -0.05) is 0 Å². The van der Waals surface area contributed by atoms with Crippen LogP contribution in [0.1, 0.15) is 6.92 Å². The van der Waals surface area contributed by atoms with Gasteiger partial charge in [-0.3, -0.25) is 5.73 Å². The monoisotopic (exact) mass is 105 g/mol. The fraction of sp³-hybridized carbons (Fsp3) is 0.667. The predicted molar refractivity (Wildman–Crippen MR) is 22.4 cm³/mol. The molecule has 4 N–H and O–H groups in total. The van der Waals surface area contributed by atoms with Crippen LogP contribution in [-0.4, -0.2) is 21.9 Å². The van der Waals surface area contributed by atoms with E-state index in [0.717, 1.165) is 6.92 Å². The molecule has 0 saturated heterocycles. The van der Waals surface area contributed by atoms with Gasteiger partial charge in [-0.05, 0) is 6.92 Å². The van der Waals surface area contributed by atoms with Crippen LogP contribution in [-0.2, 0) is 4.79 Å². The average Bonchev–Trinajstić information content (AvgIpc) is 1.31. The minimum Gasteiger partial charge on any atom is -0.478 e. The molecule has 0 aliphatic heterocycles. The van der Waals surface area contributed by atoms with Gasteiger partial charge in [-0.2, -0.15) is 0 Å². The fourth-order valence-corrected chi connectivity index (χ4v) is 0. The van der Waals surface area contributed by atoms with Crippen molar-refractivity contribution >= 4 is 5.97 Å². The number of aliphatic hydroxyl groups is 1. The summed E-state index contributed by atoms with van der Waals surface area (Å²) in [4.78, 5) is 9.65. The Morgan fingerprint density at radius 2 is 2.00 bits per heavy atom. The molecule has 0 fully saturated rings. The van der Waals surface area contributed by atoms with Crippen molar-refractivity contribution in [3.63, 3.8) is 0 Å². The summed E-state index contributed by atoms with van der Waals surface area (Å²) in [7, 11) is 0. The first-order chi connectivity index (χ1) is 2.94. The molecule has 0 heterocycles. The highest BCUT2D eigenvalue weighted by Crippen LogP contribution is 1.88. The molecule has 0 spiro atoms. The zero-order valence-corrected chi connectivity index (χ0v) is 3.88. The van der Waals surface area contributed by atoms with Crippen molar-refractivity contribution in [2.24, 2.45) is 5.73 Å². The van der Waals surface area contributed by atoms with Crippen molar-refractivity contribution in [3.8, 4) is 0 Å². The van der Waals surface area contributed by atoms with Crippen LogP contribution in [0.2, 0.25) is 0 Å². The normalized spacial score (nSPS) is 18.1. The summed E-state index contributed by atoms with van der Waals surface area (Å²) in [5.41, 5.74) is 2.55. The highest BCUT2D eigenvalue weighted by atomic mass is 16.4. The Kier molecular flexibility index (Phi) is 1.35. The van der Waals surface area contributed by atoms with Crippen molar-refractivity contribution in [2.45, 2.75) is 12.6 Å². The van der Waals surface area contributed by atoms with Crippen LogP contribution in [0, 0.1) is 0 Å². The van der Waals surface area contributed by atoms with E-state index in [-0.39, 0.29) is 0 Å². The molecule has 0 aromatic rings. The van der Waals surface area contributed by atoms with Gasteiger partial charge in [0, 0.05) is 0 Å². The number of nitrogens with two attached hydrogens (primary N) is 1. The summed E-state index contributed by atoms with van der Waals surface area (Å²) in [6, 6.07) is 0. The molecule has 0 bridgehead atoms. The quantitative estimate of drug-likeness (QED) is 0.363. The van der Waals surface area contributed by atoms with E-state index in [4.69, 9.17) is 10.2 Å². The molecule has 0 aliphatic carbocycles. The van der Waals surface area contributed by atoms with Crippen molar-refractivity contribution < 1.29 is 15.0 Å². The third-order valence-corrected chi connectivity index (χ3v) is 0.433. The highest BCUT2D eigenvalue weighted by molar-refractivity contribution is 5.75. The summed E-state index contributed by atoms with van der Waals surface area (Å²) >= 11 is 0. The Bertz CT molecular complexity index is 82.7. The number of carbonyl (C=O) groups is 1. The van der Waals surface area contributed by atoms with Crippen molar-refractivity contribution in [1.29, 1.82) is 0 Å². The fourth-order valence-electron chi connectivity index (χ4n) is 0. The maximum absolute atomic E-state index is 9.65. The molecule has 4 heteroatoms. The first-order valence-electron chi connectivity index (χ1n) is 1.69. The Balaban J connectivity index is 3.79. The van der Waals surface area contributed by atoms with Crippen molar-refractivity contribution in [3.05, 3.63) is 0 Å². The van der Waals surface area contributed by atoms with E-state index in [1.165, 1.54) is 0 Å². The highest BCUT2D eigenvalue weighted by Gasteiger charge is 2.22. The second-order valence-corrected chi connectivity index (χ2v) is 1.45. The molecule has 0 aromatic carbocycles. The lowest BCUT2D eigenvalue weighted by Crippen LogP contribution is -2.44. The van der Waals surface area contributed by atoms with Gasteiger partial charge in [-0.15, -0.1) is 0 Å². The van der Waals surface area contributed by atoms with Crippen LogP contribution >= 0.6 is 0 Å². The lowest BCUT2D eigenvalue weighted by Gasteiger charge is -2.07. The Hall–Kier alpha value is -0.610. The summed E-state index contributed by atoms with van der Waals surface area (Å²) < 4.78 is 0. The van der Waals surface area contributed by atoms with Gasteiger partial charge >= 0.3 is 5.97 Å². The third kappa shape index (κ3) is 2.13. The number of hydrogen-bond donors (Lipinski definition) is 3. The molecule has 1 unspecified atom stereocenters. The maximum atomic E-state index is 9.65. The zero-order chi connectivity index (χ0) is 6.08. The first kappa shape index (κ1) is 6.39. The molecule has 7 heavy (non-hydrogen) atoms. The van der Waals surface area contributed by atoms with Gasteiger partial charge in [-0.25, -0.2) is 4.79 Å². The minimum absolute atomic E-state index is 0.995. The number of rotatable bonds is 1. The van der Waals surface area contributed by atoms with Crippen LogP contribution < -0.4 is 5.73 Å². The van der Waals surface area contributed by atoms with Crippen LogP contribution in [0.3, 0.4) is 0 Å². The topological polar surface area (TPSA) is 83.5 Å². The van der Waals surface area contributed by atoms with E-state index >= 15 is 0 Å². The van der Waals surface area contributed by atoms with Gasteiger partial charge in [0.2, 0.25) is 5.72 Å². The molecule has 0 aliphatic rings. The summed E-state index contributed by atoms with van der Waals surface area (Å²) in [6.07, 6.45) is 0. The van der Waals surface area contributed by atoms with Gasteiger partial charge < -0.3 is 10.2 Å². The number of hydrogen-bond acceptors (Lipinski definition) is 3. The second-order valence-electron chi connectivity index (χ2n) is 1.45. The molecule has 0 saturated carbocycles. The van der Waals surface area contributed by atoms with Gasteiger partial charge in [0.15, 0.2) is 0 Å². The van der Waals surface area contributed by atoms with E-state index in [9.17, 15) is 4.79 Å². The number of carboxylic acids is 1. The maximum Gasteiger partial charge on any atom is 0.350 e. The van der Waals surface area contributed by atoms with Crippen LogP contribution in [0.5, 0.6) is 0 Å². The van der Waals surface area contributed by atoms with Gasteiger partial charge in [0.1, 0.15) is 0 Å². The molecule has 42 valence electrons. The van der Waals surface area contributed by atoms with Crippen molar-refractivity contribution in [1.82, 2.24) is 0 Å². The minimum atomic E-state index is -2.08. The first-order valence-corrected chi connectivity index (χ1v) is 1.69. The molecule has 0 rings (SSSR count). The van der Waals surface area contributed by atoms with E-state index in [1.807, 2.05) is 0 Å². The average molecular weight is 105 g/mol. The van der Waals surface area contributed by atoms with Crippen LogP contribution in [0.25, 0.3) is 0 Å². The molecular weight excluding hydrogens is 98.0 g/mol. The predicted octanol–water partition coefficient (Wildman–Crippen LogP) is -1.26. The Morgan fingerprint density at radius 3 is 2.00 bits per heavy atom. The zero-order valence-electron chi connectivity index (χ0n) is 3.88. The lowest BCUT2D eigenvalue weighted by atomic mass is 10.3. The Morgan fingerprint density at radius 1 is 1.86 bits per heavy atom. The standard InChI is InChI=1S/C3H7NO3/c1-3(4,7)2(5)6/h7H,4H2,1H3,(H,5,6). The summed E-state index contributed by atoms with van der Waals surface area (Å²) in [5.74, 6) is -1.42. The largest absolute Gasteiger partial charge is 0.478 e. The number of aliphatic carboxylic acids is 1. The smallest absolute Gasteiger partial charge is 0.350 e. The Labute approximate surface area is 40.6 Å². The molecule has 0 amide bonds. The molecule has 0 aromatic heterocycles. The van der Waals surface area contributed by atoms with E-state index < -0.39 is 11.7 Å². The summed E-state index contributed by atoms with van der Waals surface area (Å²) in [6.45, 7) is 0.995. The van der Waals surface area contributed by atoms with Crippen LogP contribution in [0.15, 0.2) is 0 Å². The lowest BCUT2D eigenvalue weighted by molar-refractivity contribution is -0.155. The van der Waals surface area contributed by atoms with E-state index in [1.54, 1.807) is 0 Å². The van der Waals surface area contributed by atoms with Gasteiger partial charge in [0.25, 0.3) is 0 Å². The molecule has 4 nitrogen and oxygen atoms in total. The summed E-state index contributed by atoms with van der Waals surface area (Å²) in [5, 5.41) is 16.1. The molecular formula is C3H7NO3. The third-order valence-electron chi connectivity index (χ3n) is 0.433. The van der Waals surface area contributed by atoms with Gasteiger partial charge in [0.05, 0.1) is 0 Å². The SMILES string of the molecule is CC(N)(O)C(=O)O. The molecule has 1 atom stereocenters. The van der Waals surface area contributed by atoms with E-state index in [0.29, 0.717) is 0 Å². The second kappa shape index (κ2) is 1.48. The number of carboxylic acid groups (broad SMARTS) is 1. The van der Waals surface area contributed by atoms with Crippen molar-refractivity contribution in [2.75, 3.05) is 0 Å².